The van der Waals surface area contributed by atoms with Crippen LogP contribution in [-0.2, 0) is 18.3 Å². The molecule has 2 N–H and O–H groups in total. The highest BCUT2D eigenvalue weighted by molar-refractivity contribution is 6.30. The van der Waals surface area contributed by atoms with Crippen LogP contribution in [0.15, 0.2) is 0 Å². The monoisotopic (exact) mass is 257 g/mol. The number of carbonyl (C=O) groups is 1. The molecule has 0 amide bonds. The van der Waals surface area contributed by atoms with E-state index in [0.29, 0.717) is 18.1 Å². The highest BCUT2D eigenvalue weighted by atomic mass is 35.5. The fraction of sp³-hybridized carbons (Fsp3) is 0.667. The maximum atomic E-state index is 12.1. The summed E-state index contributed by atoms with van der Waals surface area (Å²) in [6.45, 7) is 6.26. The van der Waals surface area contributed by atoms with Crippen molar-refractivity contribution >= 4 is 17.4 Å². The molecule has 4 nitrogen and oxygen atoms in total. The predicted molar refractivity (Wildman–Crippen MR) is 69.0 cm³/mol. The summed E-state index contributed by atoms with van der Waals surface area (Å²) in [5.41, 5.74) is 7.26. The Morgan fingerprint density at radius 1 is 1.53 bits per heavy atom. The van der Waals surface area contributed by atoms with Crippen LogP contribution in [0.5, 0.6) is 0 Å². The normalized spacial score (nSPS) is 13.1. The molecule has 0 saturated carbocycles. The second-order valence-electron chi connectivity index (χ2n) is 4.71. The number of halogens is 1. The second-order valence-corrected chi connectivity index (χ2v) is 5.07. The highest BCUT2D eigenvalue weighted by Gasteiger charge is 2.23. The summed E-state index contributed by atoms with van der Waals surface area (Å²) in [6.07, 6.45) is 0.318. The van der Waals surface area contributed by atoms with E-state index < -0.39 is 0 Å². The number of Topliss-reactive ketones (excluding diaryl/α,β-unsaturated/α-hetero) is 1. The van der Waals surface area contributed by atoms with Crippen LogP contribution in [0.4, 0.5) is 0 Å². The molecule has 0 aromatic carbocycles. The van der Waals surface area contributed by atoms with Crippen LogP contribution >= 0.6 is 11.6 Å². The summed E-state index contributed by atoms with van der Waals surface area (Å²) in [5.74, 6) is 0.287. The number of carbonyl (C=O) groups excluding carboxylic acids is 1. The lowest BCUT2D eigenvalue weighted by atomic mass is 9.88. The zero-order chi connectivity index (χ0) is 13.2. The minimum atomic E-state index is -0.106. The summed E-state index contributed by atoms with van der Waals surface area (Å²) in [5, 5.41) is 4.73. The molecule has 0 aliphatic heterocycles. The minimum Gasteiger partial charge on any atom is -0.330 e. The van der Waals surface area contributed by atoms with Crippen LogP contribution in [-0.4, -0.2) is 22.1 Å². The Balaban J connectivity index is 2.87. The van der Waals surface area contributed by atoms with E-state index in [-0.39, 0.29) is 17.6 Å². The van der Waals surface area contributed by atoms with E-state index in [0.717, 1.165) is 11.3 Å². The molecule has 0 radical (unpaired) electrons. The lowest BCUT2D eigenvalue weighted by Crippen LogP contribution is -2.29. The third kappa shape index (κ3) is 3.07. The number of rotatable bonds is 5. The SMILES string of the molecule is Cc1nn(C)c(Cl)c1CC(=O)C(CN)C(C)C. The van der Waals surface area contributed by atoms with Gasteiger partial charge in [-0.1, -0.05) is 25.4 Å². The lowest BCUT2D eigenvalue weighted by molar-refractivity contribution is -0.123. The van der Waals surface area contributed by atoms with Crippen LogP contribution < -0.4 is 5.73 Å². The van der Waals surface area contributed by atoms with Crippen LogP contribution in [0.1, 0.15) is 25.1 Å². The van der Waals surface area contributed by atoms with Crippen LogP contribution in [0.3, 0.4) is 0 Å². The van der Waals surface area contributed by atoms with Gasteiger partial charge in [0, 0.05) is 31.5 Å². The van der Waals surface area contributed by atoms with Crippen LogP contribution in [0.2, 0.25) is 5.15 Å². The minimum absolute atomic E-state index is 0.106. The van der Waals surface area contributed by atoms with Gasteiger partial charge in [0.05, 0.1) is 5.69 Å². The molecule has 1 aromatic heterocycles. The maximum absolute atomic E-state index is 12.1. The Bertz CT molecular complexity index is 412. The maximum Gasteiger partial charge on any atom is 0.142 e. The molecule has 96 valence electrons. The number of aryl methyl sites for hydroxylation is 2. The molecule has 0 spiro atoms. The smallest absolute Gasteiger partial charge is 0.142 e. The van der Waals surface area contributed by atoms with Crippen molar-refractivity contribution in [2.24, 2.45) is 24.6 Å². The third-order valence-electron chi connectivity index (χ3n) is 3.09. The molecule has 0 aliphatic carbocycles. The first kappa shape index (κ1) is 14.2. The predicted octanol–water partition coefficient (Wildman–Crippen LogP) is 1.72. The number of ketones is 1. The molecule has 0 saturated heterocycles. The zero-order valence-electron chi connectivity index (χ0n) is 10.8. The van der Waals surface area contributed by atoms with Crippen molar-refractivity contribution in [3.05, 3.63) is 16.4 Å². The van der Waals surface area contributed by atoms with Crippen LogP contribution in [0.25, 0.3) is 0 Å². The van der Waals surface area contributed by atoms with E-state index in [4.69, 9.17) is 17.3 Å². The van der Waals surface area contributed by atoms with Crippen molar-refractivity contribution in [1.29, 1.82) is 0 Å². The summed E-state index contributed by atoms with van der Waals surface area (Å²) >= 11 is 6.10. The molecule has 5 heteroatoms. The molecular weight excluding hydrogens is 238 g/mol. The molecular formula is C12H20ClN3O. The van der Waals surface area contributed by atoms with Crippen molar-refractivity contribution in [2.75, 3.05) is 6.54 Å². The first-order valence-corrected chi connectivity index (χ1v) is 6.17. The van der Waals surface area contributed by atoms with E-state index in [1.54, 1.807) is 11.7 Å². The molecule has 1 rings (SSSR count). The molecule has 0 aliphatic rings. The molecule has 0 bridgehead atoms. The Kier molecular flexibility index (Phi) is 4.71. The van der Waals surface area contributed by atoms with Crippen molar-refractivity contribution < 1.29 is 4.79 Å². The van der Waals surface area contributed by atoms with Gasteiger partial charge in [0.1, 0.15) is 10.9 Å². The standard InChI is InChI=1S/C12H20ClN3O/c1-7(2)10(6-14)11(17)5-9-8(3)15-16(4)12(9)13/h7,10H,5-6,14H2,1-4H3. The number of nitrogens with zero attached hydrogens (tertiary/aromatic N) is 2. The molecule has 17 heavy (non-hydrogen) atoms. The third-order valence-corrected chi connectivity index (χ3v) is 3.57. The van der Waals surface area contributed by atoms with Gasteiger partial charge in [-0.3, -0.25) is 9.48 Å². The summed E-state index contributed by atoms with van der Waals surface area (Å²) < 4.78 is 1.59. The van der Waals surface area contributed by atoms with Gasteiger partial charge >= 0.3 is 0 Å². The number of hydrogen-bond acceptors (Lipinski definition) is 3. The van der Waals surface area contributed by atoms with Crippen LogP contribution in [0, 0.1) is 18.8 Å². The van der Waals surface area contributed by atoms with Gasteiger partial charge < -0.3 is 5.73 Å². The summed E-state index contributed by atoms with van der Waals surface area (Å²) in [6, 6.07) is 0. The quantitative estimate of drug-likeness (QED) is 0.874. The molecule has 1 heterocycles. The Hall–Kier alpha value is -0.870. The van der Waals surface area contributed by atoms with E-state index in [2.05, 4.69) is 5.10 Å². The highest BCUT2D eigenvalue weighted by Crippen LogP contribution is 2.22. The zero-order valence-corrected chi connectivity index (χ0v) is 11.6. The molecule has 1 aromatic rings. The van der Waals surface area contributed by atoms with Crippen molar-refractivity contribution in [2.45, 2.75) is 27.2 Å². The van der Waals surface area contributed by atoms with E-state index in [1.165, 1.54) is 0 Å². The van der Waals surface area contributed by atoms with E-state index in [1.807, 2.05) is 20.8 Å². The van der Waals surface area contributed by atoms with E-state index in [9.17, 15) is 4.79 Å². The first-order chi connectivity index (χ1) is 7.88. The largest absolute Gasteiger partial charge is 0.330 e. The average Bonchev–Trinajstić information content (AvgIpc) is 2.45. The Morgan fingerprint density at radius 2 is 2.12 bits per heavy atom. The fourth-order valence-electron chi connectivity index (χ4n) is 1.96. The molecule has 1 atom stereocenters. The van der Waals surface area contributed by atoms with Gasteiger partial charge in [0.25, 0.3) is 0 Å². The van der Waals surface area contributed by atoms with Gasteiger partial charge in [0.15, 0.2) is 0 Å². The van der Waals surface area contributed by atoms with Crippen molar-refractivity contribution in [3.8, 4) is 0 Å². The average molecular weight is 258 g/mol. The number of nitrogens with two attached hydrogens (primary N) is 1. The summed E-state index contributed by atoms with van der Waals surface area (Å²) in [7, 11) is 1.77. The summed E-state index contributed by atoms with van der Waals surface area (Å²) in [4.78, 5) is 12.1. The molecule has 0 fully saturated rings. The first-order valence-electron chi connectivity index (χ1n) is 5.79. The van der Waals surface area contributed by atoms with Crippen molar-refractivity contribution in [3.63, 3.8) is 0 Å². The van der Waals surface area contributed by atoms with Gasteiger partial charge in [-0.25, -0.2) is 0 Å². The lowest BCUT2D eigenvalue weighted by Gasteiger charge is -2.17. The fourth-order valence-corrected chi connectivity index (χ4v) is 2.20. The number of aromatic nitrogens is 2. The topological polar surface area (TPSA) is 60.9 Å². The van der Waals surface area contributed by atoms with E-state index >= 15 is 0 Å². The van der Waals surface area contributed by atoms with Gasteiger partial charge in [0.2, 0.25) is 0 Å². The second kappa shape index (κ2) is 5.65. The van der Waals surface area contributed by atoms with Gasteiger partial charge in [-0.2, -0.15) is 5.10 Å². The molecule has 1 unspecified atom stereocenters. The number of hydrogen-bond donors (Lipinski definition) is 1. The Morgan fingerprint density at radius 3 is 2.47 bits per heavy atom. The Labute approximate surface area is 107 Å². The van der Waals surface area contributed by atoms with Gasteiger partial charge in [-0.15, -0.1) is 0 Å². The van der Waals surface area contributed by atoms with Crippen molar-refractivity contribution in [1.82, 2.24) is 9.78 Å². The van der Waals surface area contributed by atoms with Gasteiger partial charge in [-0.05, 0) is 12.8 Å².